The predicted molar refractivity (Wildman–Crippen MR) is 66.1 cm³/mol. The zero-order valence-electron chi connectivity index (χ0n) is 10.3. The number of nitrogens with zero attached hydrogens (tertiary/aromatic N) is 3. The number of pyridine rings is 1. The standard InChI is InChI=1S/C12H16N4O/c1-9-4-5-13-7-10(9)8-14-11-6-12(17-3)16(2)15-11/h4-7H,8H2,1-3H3,(H,14,15). The van der Waals surface area contributed by atoms with Gasteiger partial charge in [-0.2, -0.15) is 5.10 Å². The Kier molecular flexibility index (Phi) is 3.27. The fraction of sp³-hybridized carbons (Fsp3) is 0.333. The SMILES string of the molecule is COc1cc(NCc2cnccc2C)nn1C. The normalized spacial score (nSPS) is 10.3. The van der Waals surface area contributed by atoms with E-state index in [2.05, 4.69) is 22.3 Å². The van der Waals surface area contributed by atoms with Crippen molar-refractivity contribution >= 4 is 5.82 Å². The lowest BCUT2D eigenvalue weighted by atomic mass is 10.2. The molecule has 0 fully saturated rings. The van der Waals surface area contributed by atoms with Crippen LogP contribution in [0.25, 0.3) is 0 Å². The molecule has 2 rings (SSSR count). The van der Waals surface area contributed by atoms with E-state index in [1.54, 1.807) is 18.0 Å². The molecule has 5 heteroatoms. The lowest BCUT2D eigenvalue weighted by Gasteiger charge is -2.05. The van der Waals surface area contributed by atoms with Crippen LogP contribution in [0.2, 0.25) is 0 Å². The number of methoxy groups -OCH3 is 1. The number of hydrogen-bond donors (Lipinski definition) is 1. The second kappa shape index (κ2) is 4.86. The second-order valence-electron chi connectivity index (χ2n) is 3.85. The van der Waals surface area contributed by atoms with Crippen molar-refractivity contribution in [2.45, 2.75) is 13.5 Å². The molecule has 0 spiro atoms. The molecule has 90 valence electrons. The molecule has 0 aliphatic carbocycles. The van der Waals surface area contributed by atoms with E-state index in [1.165, 1.54) is 5.56 Å². The van der Waals surface area contributed by atoms with Gasteiger partial charge in [-0.1, -0.05) is 0 Å². The number of hydrogen-bond acceptors (Lipinski definition) is 4. The van der Waals surface area contributed by atoms with Crippen molar-refractivity contribution in [2.75, 3.05) is 12.4 Å². The van der Waals surface area contributed by atoms with Crippen molar-refractivity contribution in [1.82, 2.24) is 14.8 Å². The molecule has 0 bridgehead atoms. The summed E-state index contributed by atoms with van der Waals surface area (Å²) < 4.78 is 6.84. The first-order valence-corrected chi connectivity index (χ1v) is 5.42. The maximum Gasteiger partial charge on any atom is 0.213 e. The summed E-state index contributed by atoms with van der Waals surface area (Å²) in [6.45, 7) is 2.78. The van der Waals surface area contributed by atoms with Crippen LogP contribution in [0.3, 0.4) is 0 Å². The minimum atomic E-state index is 0.708. The summed E-state index contributed by atoms with van der Waals surface area (Å²) >= 11 is 0. The van der Waals surface area contributed by atoms with Crippen LogP contribution in [0.5, 0.6) is 5.88 Å². The molecule has 2 aromatic rings. The van der Waals surface area contributed by atoms with E-state index in [9.17, 15) is 0 Å². The fourth-order valence-electron chi connectivity index (χ4n) is 1.60. The Hall–Kier alpha value is -2.04. The van der Waals surface area contributed by atoms with Gasteiger partial charge in [0.25, 0.3) is 0 Å². The third-order valence-electron chi connectivity index (χ3n) is 2.65. The van der Waals surface area contributed by atoms with E-state index in [0.717, 1.165) is 17.3 Å². The van der Waals surface area contributed by atoms with Gasteiger partial charge in [-0.3, -0.25) is 4.98 Å². The lowest BCUT2D eigenvalue weighted by Crippen LogP contribution is -2.02. The van der Waals surface area contributed by atoms with Crippen LogP contribution >= 0.6 is 0 Å². The van der Waals surface area contributed by atoms with Gasteiger partial charge in [0.2, 0.25) is 5.88 Å². The van der Waals surface area contributed by atoms with E-state index in [-0.39, 0.29) is 0 Å². The van der Waals surface area contributed by atoms with Crippen molar-refractivity contribution in [2.24, 2.45) is 7.05 Å². The van der Waals surface area contributed by atoms with E-state index in [4.69, 9.17) is 4.74 Å². The Morgan fingerprint density at radius 3 is 2.94 bits per heavy atom. The molecule has 0 amide bonds. The van der Waals surface area contributed by atoms with Gasteiger partial charge in [0.05, 0.1) is 7.11 Å². The molecule has 0 aromatic carbocycles. The van der Waals surface area contributed by atoms with Gasteiger partial charge in [-0.25, -0.2) is 4.68 Å². The molecule has 0 unspecified atom stereocenters. The number of anilines is 1. The molecule has 0 aliphatic heterocycles. The van der Waals surface area contributed by atoms with E-state index in [0.29, 0.717) is 6.54 Å². The van der Waals surface area contributed by atoms with Gasteiger partial charge in [0.15, 0.2) is 5.82 Å². The van der Waals surface area contributed by atoms with Crippen LogP contribution in [0.15, 0.2) is 24.5 Å². The van der Waals surface area contributed by atoms with Gasteiger partial charge in [0, 0.05) is 32.1 Å². The van der Waals surface area contributed by atoms with Gasteiger partial charge < -0.3 is 10.1 Å². The van der Waals surface area contributed by atoms with E-state index in [1.807, 2.05) is 25.4 Å². The van der Waals surface area contributed by atoms with Crippen LogP contribution in [0.4, 0.5) is 5.82 Å². The summed E-state index contributed by atoms with van der Waals surface area (Å²) in [5.74, 6) is 1.53. The molecule has 2 aromatic heterocycles. The Bertz CT molecular complexity index is 507. The quantitative estimate of drug-likeness (QED) is 0.872. The van der Waals surface area contributed by atoms with E-state index >= 15 is 0 Å². The highest BCUT2D eigenvalue weighted by Gasteiger charge is 2.05. The molecule has 0 radical (unpaired) electrons. The van der Waals surface area contributed by atoms with Gasteiger partial charge in [0.1, 0.15) is 0 Å². The van der Waals surface area contributed by atoms with E-state index < -0.39 is 0 Å². The molecule has 0 saturated carbocycles. The zero-order valence-corrected chi connectivity index (χ0v) is 10.3. The minimum absolute atomic E-state index is 0.708. The number of nitrogens with one attached hydrogen (secondary N) is 1. The first-order chi connectivity index (χ1) is 8.20. The summed E-state index contributed by atoms with van der Waals surface area (Å²) in [6.07, 6.45) is 3.66. The molecular formula is C12H16N4O. The highest BCUT2D eigenvalue weighted by atomic mass is 16.5. The first kappa shape index (κ1) is 11.4. The smallest absolute Gasteiger partial charge is 0.213 e. The Morgan fingerprint density at radius 1 is 1.47 bits per heavy atom. The molecule has 5 nitrogen and oxygen atoms in total. The largest absolute Gasteiger partial charge is 0.481 e. The lowest BCUT2D eigenvalue weighted by molar-refractivity contribution is 0.373. The predicted octanol–water partition coefficient (Wildman–Crippen LogP) is 1.74. The summed E-state index contributed by atoms with van der Waals surface area (Å²) in [7, 11) is 3.48. The zero-order chi connectivity index (χ0) is 12.3. The van der Waals surface area contributed by atoms with Crippen molar-refractivity contribution < 1.29 is 4.74 Å². The topological polar surface area (TPSA) is 52.0 Å². The third kappa shape index (κ3) is 2.55. The average molecular weight is 232 g/mol. The van der Waals surface area contributed by atoms with Crippen LogP contribution in [0, 0.1) is 6.92 Å². The van der Waals surface area contributed by atoms with Gasteiger partial charge in [-0.15, -0.1) is 0 Å². The van der Waals surface area contributed by atoms with Crippen molar-refractivity contribution in [3.05, 3.63) is 35.7 Å². The molecule has 17 heavy (non-hydrogen) atoms. The average Bonchev–Trinajstić information content (AvgIpc) is 2.69. The molecule has 0 atom stereocenters. The Morgan fingerprint density at radius 2 is 2.29 bits per heavy atom. The first-order valence-electron chi connectivity index (χ1n) is 5.42. The number of rotatable bonds is 4. The number of ether oxygens (including phenoxy) is 1. The summed E-state index contributed by atoms with van der Waals surface area (Å²) in [4.78, 5) is 4.11. The second-order valence-corrected chi connectivity index (χ2v) is 3.85. The van der Waals surface area contributed by atoms with Crippen LogP contribution < -0.4 is 10.1 Å². The highest BCUT2D eigenvalue weighted by Crippen LogP contribution is 2.16. The Labute approximate surface area is 100 Å². The molecule has 0 saturated heterocycles. The maximum atomic E-state index is 5.15. The third-order valence-corrected chi connectivity index (χ3v) is 2.65. The summed E-state index contributed by atoms with van der Waals surface area (Å²) in [5, 5.41) is 7.53. The monoisotopic (exact) mass is 232 g/mol. The van der Waals surface area contributed by atoms with Crippen molar-refractivity contribution in [3.8, 4) is 5.88 Å². The Balaban J connectivity index is 2.05. The molecular weight excluding hydrogens is 216 g/mol. The van der Waals surface area contributed by atoms with Crippen LogP contribution in [-0.4, -0.2) is 21.9 Å². The molecule has 0 aliphatic rings. The minimum Gasteiger partial charge on any atom is -0.481 e. The highest BCUT2D eigenvalue weighted by molar-refractivity contribution is 5.40. The molecule has 2 heterocycles. The van der Waals surface area contributed by atoms with Crippen LogP contribution in [0.1, 0.15) is 11.1 Å². The van der Waals surface area contributed by atoms with Crippen molar-refractivity contribution in [3.63, 3.8) is 0 Å². The van der Waals surface area contributed by atoms with Gasteiger partial charge >= 0.3 is 0 Å². The fourth-order valence-corrected chi connectivity index (χ4v) is 1.60. The van der Waals surface area contributed by atoms with Crippen LogP contribution in [-0.2, 0) is 13.6 Å². The maximum absolute atomic E-state index is 5.15. The molecule has 1 N–H and O–H groups in total. The number of aromatic nitrogens is 3. The number of aryl methyl sites for hydroxylation is 2. The van der Waals surface area contributed by atoms with Gasteiger partial charge in [-0.05, 0) is 24.1 Å². The van der Waals surface area contributed by atoms with Crippen molar-refractivity contribution in [1.29, 1.82) is 0 Å². The summed E-state index contributed by atoms with van der Waals surface area (Å²) in [6, 6.07) is 3.86. The summed E-state index contributed by atoms with van der Waals surface area (Å²) in [5.41, 5.74) is 2.38.